The van der Waals surface area contributed by atoms with Crippen LogP contribution in [0.15, 0.2) is 41.7 Å². The smallest absolute Gasteiger partial charge is 0.261 e. The minimum Gasteiger partial charge on any atom is -0.383 e. The van der Waals surface area contributed by atoms with Crippen LogP contribution >= 0.6 is 0 Å². The van der Waals surface area contributed by atoms with Crippen LogP contribution in [0.1, 0.15) is 5.69 Å². The van der Waals surface area contributed by atoms with E-state index in [2.05, 4.69) is 24.8 Å². The molecule has 0 radical (unpaired) electrons. The summed E-state index contributed by atoms with van der Waals surface area (Å²) in [4.78, 5) is 30.4. The Kier molecular flexibility index (Phi) is 5.21. The number of fused-ring (bicyclic) bond motifs is 1. The Bertz CT molecular complexity index is 1030. The highest BCUT2D eigenvalue weighted by Crippen LogP contribution is 2.22. The standard InChI is InChI=1S/C20H24N6O2/c1-15-12-21-13-19(23-15)25-7-5-24(6-8-25)16-3-4-17-18(11-16)22-14-26(20(17)27)9-10-28-2/h3-4,11-14H,5-10H2,1-2H3. The number of nitrogens with zero attached hydrogens (tertiary/aromatic N) is 6. The zero-order valence-corrected chi connectivity index (χ0v) is 16.2. The fraction of sp³-hybridized carbons (Fsp3) is 0.400. The van der Waals surface area contributed by atoms with Crippen molar-refractivity contribution in [2.24, 2.45) is 0 Å². The Morgan fingerprint density at radius 3 is 2.64 bits per heavy atom. The lowest BCUT2D eigenvalue weighted by Crippen LogP contribution is -2.46. The van der Waals surface area contributed by atoms with E-state index in [9.17, 15) is 4.79 Å². The summed E-state index contributed by atoms with van der Waals surface area (Å²) in [6.07, 6.45) is 5.18. The number of aryl methyl sites for hydroxylation is 1. The SMILES string of the molecule is COCCn1cnc2cc(N3CCN(c4cncc(C)n4)CC3)ccc2c1=O. The van der Waals surface area contributed by atoms with Gasteiger partial charge in [-0.25, -0.2) is 9.97 Å². The number of anilines is 2. The Morgan fingerprint density at radius 2 is 1.89 bits per heavy atom. The first kappa shape index (κ1) is 18.4. The lowest BCUT2D eigenvalue weighted by molar-refractivity contribution is 0.186. The van der Waals surface area contributed by atoms with Crippen molar-refractivity contribution in [3.05, 3.63) is 53.0 Å². The Labute approximate surface area is 163 Å². The number of rotatable bonds is 5. The third-order valence-corrected chi connectivity index (χ3v) is 5.06. The highest BCUT2D eigenvalue weighted by molar-refractivity contribution is 5.81. The molecule has 8 nitrogen and oxygen atoms in total. The monoisotopic (exact) mass is 380 g/mol. The molecule has 0 amide bonds. The molecule has 1 aliphatic rings. The van der Waals surface area contributed by atoms with Crippen LogP contribution in [-0.2, 0) is 11.3 Å². The number of methoxy groups -OCH3 is 1. The number of hydrogen-bond donors (Lipinski definition) is 0. The van der Waals surface area contributed by atoms with Gasteiger partial charge >= 0.3 is 0 Å². The van der Waals surface area contributed by atoms with Gasteiger partial charge in [0.05, 0.1) is 42.3 Å². The summed E-state index contributed by atoms with van der Waals surface area (Å²) in [7, 11) is 1.62. The van der Waals surface area contributed by atoms with Gasteiger partial charge in [0.1, 0.15) is 5.82 Å². The molecule has 0 unspecified atom stereocenters. The van der Waals surface area contributed by atoms with Crippen LogP contribution in [0.25, 0.3) is 10.9 Å². The molecule has 1 saturated heterocycles. The van der Waals surface area contributed by atoms with Gasteiger partial charge in [-0.1, -0.05) is 0 Å². The summed E-state index contributed by atoms with van der Waals surface area (Å²) in [6, 6.07) is 5.88. The van der Waals surface area contributed by atoms with Gasteiger partial charge in [-0.3, -0.25) is 14.3 Å². The largest absolute Gasteiger partial charge is 0.383 e. The molecule has 0 spiro atoms. The molecule has 0 aliphatic carbocycles. The highest BCUT2D eigenvalue weighted by atomic mass is 16.5. The van der Waals surface area contributed by atoms with Crippen LogP contribution in [0.3, 0.4) is 0 Å². The van der Waals surface area contributed by atoms with Crippen molar-refractivity contribution in [2.75, 3.05) is 49.7 Å². The lowest BCUT2D eigenvalue weighted by Gasteiger charge is -2.36. The van der Waals surface area contributed by atoms with Crippen molar-refractivity contribution in [3.8, 4) is 0 Å². The maximum atomic E-state index is 12.6. The normalized spacial score (nSPS) is 14.6. The van der Waals surface area contributed by atoms with Crippen LogP contribution in [0.5, 0.6) is 0 Å². The average Bonchev–Trinajstić information content (AvgIpc) is 2.73. The van der Waals surface area contributed by atoms with Gasteiger partial charge in [-0.05, 0) is 25.1 Å². The molecule has 8 heteroatoms. The molecule has 1 aromatic carbocycles. The second kappa shape index (κ2) is 7.93. The fourth-order valence-electron chi connectivity index (χ4n) is 3.49. The number of piperazine rings is 1. The number of aromatic nitrogens is 4. The van der Waals surface area contributed by atoms with Gasteiger partial charge in [0.2, 0.25) is 0 Å². The first-order valence-corrected chi connectivity index (χ1v) is 9.42. The van der Waals surface area contributed by atoms with Crippen LogP contribution in [0.2, 0.25) is 0 Å². The van der Waals surface area contributed by atoms with Gasteiger partial charge < -0.3 is 14.5 Å². The van der Waals surface area contributed by atoms with E-state index in [-0.39, 0.29) is 5.56 Å². The fourth-order valence-corrected chi connectivity index (χ4v) is 3.49. The van der Waals surface area contributed by atoms with Gasteiger partial charge in [-0.2, -0.15) is 0 Å². The number of ether oxygens (including phenoxy) is 1. The summed E-state index contributed by atoms with van der Waals surface area (Å²) in [5.41, 5.74) is 2.71. The van der Waals surface area contributed by atoms with Crippen molar-refractivity contribution < 1.29 is 4.74 Å². The zero-order valence-electron chi connectivity index (χ0n) is 16.2. The van der Waals surface area contributed by atoms with Crippen molar-refractivity contribution in [1.82, 2.24) is 19.5 Å². The van der Waals surface area contributed by atoms with E-state index in [0.29, 0.717) is 18.5 Å². The number of hydrogen-bond acceptors (Lipinski definition) is 7. The van der Waals surface area contributed by atoms with Gasteiger partial charge in [0, 0.05) is 45.2 Å². The molecule has 0 bridgehead atoms. The van der Waals surface area contributed by atoms with Crippen LogP contribution in [0.4, 0.5) is 11.5 Å². The quantitative estimate of drug-likeness (QED) is 0.663. The van der Waals surface area contributed by atoms with E-state index >= 15 is 0 Å². The molecule has 28 heavy (non-hydrogen) atoms. The summed E-state index contributed by atoms with van der Waals surface area (Å²) < 4.78 is 6.64. The molecular weight excluding hydrogens is 356 g/mol. The summed E-state index contributed by atoms with van der Waals surface area (Å²) in [5.74, 6) is 0.927. The van der Waals surface area contributed by atoms with E-state index in [1.807, 2.05) is 31.3 Å². The number of benzene rings is 1. The molecule has 146 valence electrons. The van der Waals surface area contributed by atoms with Crippen molar-refractivity contribution in [3.63, 3.8) is 0 Å². The van der Waals surface area contributed by atoms with Crippen LogP contribution in [-0.4, -0.2) is 59.4 Å². The van der Waals surface area contributed by atoms with E-state index in [4.69, 9.17) is 4.74 Å². The first-order chi connectivity index (χ1) is 13.7. The average molecular weight is 380 g/mol. The molecule has 1 aliphatic heterocycles. The summed E-state index contributed by atoms with van der Waals surface area (Å²) in [6.45, 7) is 6.46. The van der Waals surface area contributed by atoms with Crippen LogP contribution in [0, 0.1) is 6.92 Å². The first-order valence-electron chi connectivity index (χ1n) is 9.42. The third kappa shape index (κ3) is 3.68. The summed E-state index contributed by atoms with van der Waals surface area (Å²) in [5, 5.41) is 0.635. The molecule has 1 fully saturated rings. The molecular formula is C20H24N6O2. The molecule has 4 rings (SSSR count). The van der Waals surface area contributed by atoms with E-state index in [0.717, 1.165) is 48.9 Å². The predicted molar refractivity (Wildman–Crippen MR) is 109 cm³/mol. The van der Waals surface area contributed by atoms with E-state index in [1.54, 1.807) is 24.2 Å². The summed E-state index contributed by atoms with van der Waals surface area (Å²) >= 11 is 0. The van der Waals surface area contributed by atoms with Gasteiger partial charge in [0.25, 0.3) is 5.56 Å². The maximum absolute atomic E-state index is 12.6. The molecule has 0 atom stereocenters. The Morgan fingerprint density at radius 1 is 1.11 bits per heavy atom. The molecule has 3 heterocycles. The minimum absolute atomic E-state index is 0.0311. The Hall–Kier alpha value is -3.00. The van der Waals surface area contributed by atoms with Gasteiger partial charge in [0.15, 0.2) is 0 Å². The van der Waals surface area contributed by atoms with Crippen LogP contribution < -0.4 is 15.4 Å². The second-order valence-electron chi connectivity index (χ2n) is 6.93. The van der Waals surface area contributed by atoms with E-state index < -0.39 is 0 Å². The topological polar surface area (TPSA) is 76.4 Å². The highest BCUT2D eigenvalue weighted by Gasteiger charge is 2.19. The predicted octanol–water partition coefficient (Wildman–Crippen LogP) is 1.47. The van der Waals surface area contributed by atoms with E-state index in [1.165, 1.54) is 0 Å². The molecule has 0 saturated carbocycles. The zero-order chi connectivity index (χ0) is 19.5. The maximum Gasteiger partial charge on any atom is 0.261 e. The minimum atomic E-state index is -0.0311. The molecule has 0 N–H and O–H groups in total. The van der Waals surface area contributed by atoms with Gasteiger partial charge in [-0.15, -0.1) is 0 Å². The Balaban J connectivity index is 1.50. The van der Waals surface area contributed by atoms with Crippen molar-refractivity contribution >= 4 is 22.4 Å². The molecule has 2 aromatic heterocycles. The third-order valence-electron chi connectivity index (χ3n) is 5.06. The second-order valence-corrected chi connectivity index (χ2v) is 6.93. The van der Waals surface area contributed by atoms with Crippen molar-refractivity contribution in [2.45, 2.75) is 13.5 Å². The van der Waals surface area contributed by atoms with Crippen molar-refractivity contribution in [1.29, 1.82) is 0 Å². The lowest BCUT2D eigenvalue weighted by atomic mass is 10.2. The molecule has 3 aromatic rings.